The third kappa shape index (κ3) is 5.44. The van der Waals surface area contributed by atoms with E-state index < -0.39 is 10.0 Å². The molecule has 0 spiro atoms. The SMILES string of the molecule is NS(=O)(=O)CCCNCc1cc(Br)c(Br)o1. The molecule has 0 aromatic carbocycles. The average molecular weight is 376 g/mol. The van der Waals surface area contributed by atoms with Crippen molar-refractivity contribution >= 4 is 41.9 Å². The van der Waals surface area contributed by atoms with Crippen molar-refractivity contribution in [1.29, 1.82) is 0 Å². The van der Waals surface area contributed by atoms with Gasteiger partial charge in [0.15, 0.2) is 4.67 Å². The van der Waals surface area contributed by atoms with Gasteiger partial charge in [0.05, 0.1) is 16.8 Å². The van der Waals surface area contributed by atoms with Gasteiger partial charge >= 0.3 is 0 Å². The van der Waals surface area contributed by atoms with Gasteiger partial charge in [-0.05, 0) is 50.9 Å². The number of halogens is 2. The van der Waals surface area contributed by atoms with Crippen LogP contribution in [0.3, 0.4) is 0 Å². The number of rotatable bonds is 6. The Morgan fingerprint density at radius 3 is 2.62 bits per heavy atom. The standard InChI is InChI=1S/C8H12Br2N2O3S/c9-7-4-6(15-8(7)10)5-12-2-1-3-16(11,13)14/h4,12H,1-3,5H2,(H2,11,13,14). The van der Waals surface area contributed by atoms with E-state index in [0.717, 1.165) is 10.2 Å². The highest BCUT2D eigenvalue weighted by Gasteiger charge is 2.05. The lowest BCUT2D eigenvalue weighted by Gasteiger charge is -2.01. The molecule has 92 valence electrons. The van der Waals surface area contributed by atoms with Crippen molar-refractivity contribution in [1.82, 2.24) is 5.32 Å². The van der Waals surface area contributed by atoms with Crippen LogP contribution >= 0.6 is 31.9 Å². The molecule has 1 aromatic rings. The summed E-state index contributed by atoms with van der Waals surface area (Å²) in [6.45, 7) is 1.13. The predicted octanol–water partition coefficient (Wildman–Crippen LogP) is 1.57. The van der Waals surface area contributed by atoms with E-state index in [9.17, 15) is 8.42 Å². The minimum absolute atomic E-state index is 0.00839. The van der Waals surface area contributed by atoms with E-state index in [2.05, 4.69) is 37.2 Å². The second kappa shape index (κ2) is 6.15. The molecule has 5 nitrogen and oxygen atoms in total. The molecule has 0 saturated carbocycles. The summed E-state index contributed by atoms with van der Waals surface area (Å²) in [5.41, 5.74) is 0. The van der Waals surface area contributed by atoms with Gasteiger partial charge in [-0.25, -0.2) is 13.6 Å². The minimum atomic E-state index is -3.35. The van der Waals surface area contributed by atoms with Crippen molar-refractivity contribution in [3.63, 3.8) is 0 Å². The smallest absolute Gasteiger partial charge is 0.209 e. The van der Waals surface area contributed by atoms with Gasteiger partial charge in [0.25, 0.3) is 0 Å². The van der Waals surface area contributed by atoms with Gasteiger partial charge in [-0.1, -0.05) is 0 Å². The lowest BCUT2D eigenvalue weighted by molar-refractivity contribution is 0.464. The summed E-state index contributed by atoms with van der Waals surface area (Å²) in [6, 6.07) is 1.84. The van der Waals surface area contributed by atoms with Crippen molar-refractivity contribution in [3.05, 3.63) is 21.0 Å². The second-order valence-electron chi connectivity index (χ2n) is 3.23. The molecule has 0 fully saturated rings. The highest BCUT2D eigenvalue weighted by atomic mass is 79.9. The molecular formula is C8H12Br2N2O3S. The van der Waals surface area contributed by atoms with Crippen LogP contribution in [0, 0.1) is 0 Å². The maximum absolute atomic E-state index is 10.6. The molecule has 3 N–H and O–H groups in total. The van der Waals surface area contributed by atoms with Crippen LogP contribution in [0.1, 0.15) is 12.2 Å². The monoisotopic (exact) mass is 374 g/mol. The molecule has 0 saturated heterocycles. The number of nitrogens with one attached hydrogen (secondary N) is 1. The molecular weight excluding hydrogens is 364 g/mol. The lowest BCUT2D eigenvalue weighted by atomic mass is 10.4. The Bertz CT molecular complexity index is 425. The third-order valence-corrected chi connectivity index (χ3v) is 4.35. The van der Waals surface area contributed by atoms with Crippen molar-refractivity contribution in [2.75, 3.05) is 12.3 Å². The number of primary sulfonamides is 1. The molecule has 16 heavy (non-hydrogen) atoms. The maximum Gasteiger partial charge on any atom is 0.209 e. The summed E-state index contributed by atoms with van der Waals surface area (Å²) in [7, 11) is -3.35. The van der Waals surface area contributed by atoms with E-state index in [0.29, 0.717) is 24.2 Å². The average Bonchev–Trinajstić information content (AvgIpc) is 2.44. The van der Waals surface area contributed by atoms with E-state index in [4.69, 9.17) is 9.56 Å². The quantitative estimate of drug-likeness (QED) is 0.739. The van der Waals surface area contributed by atoms with Crippen molar-refractivity contribution in [2.45, 2.75) is 13.0 Å². The largest absolute Gasteiger partial charge is 0.452 e. The number of hydrogen-bond acceptors (Lipinski definition) is 4. The molecule has 0 aliphatic heterocycles. The van der Waals surface area contributed by atoms with Gasteiger partial charge in [0.2, 0.25) is 10.0 Å². The van der Waals surface area contributed by atoms with Gasteiger partial charge < -0.3 is 9.73 Å². The van der Waals surface area contributed by atoms with E-state index >= 15 is 0 Å². The third-order valence-electron chi connectivity index (χ3n) is 1.78. The number of hydrogen-bond donors (Lipinski definition) is 2. The molecule has 0 radical (unpaired) electrons. The van der Waals surface area contributed by atoms with Gasteiger partial charge in [0, 0.05) is 0 Å². The highest BCUT2D eigenvalue weighted by molar-refractivity contribution is 9.13. The number of sulfonamides is 1. The fraction of sp³-hybridized carbons (Fsp3) is 0.500. The van der Waals surface area contributed by atoms with Gasteiger partial charge in [-0.15, -0.1) is 0 Å². The first-order chi connectivity index (χ1) is 7.38. The van der Waals surface area contributed by atoms with E-state index in [1.54, 1.807) is 0 Å². The van der Waals surface area contributed by atoms with Gasteiger partial charge in [-0.2, -0.15) is 0 Å². The first kappa shape index (κ1) is 14.2. The summed E-state index contributed by atoms with van der Waals surface area (Å²) >= 11 is 6.53. The zero-order valence-electron chi connectivity index (χ0n) is 8.37. The topological polar surface area (TPSA) is 85.3 Å². The fourth-order valence-corrected chi connectivity index (χ4v) is 2.29. The van der Waals surface area contributed by atoms with Gasteiger partial charge in [-0.3, -0.25) is 0 Å². The molecule has 1 aromatic heterocycles. The Labute approximate surface area is 111 Å². The normalized spacial score (nSPS) is 11.9. The van der Waals surface area contributed by atoms with Crippen LogP contribution in [-0.4, -0.2) is 20.7 Å². The van der Waals surface area contributed by atoms with Crippen LogP contribution in [0.25, 0.3) is 0 Å². The molecule has 0 unspecified atom stereocenters. The molecule has 0 bridgehead atoms. The summed E-state index contributed by atoms with van der Waals surface area (Å²) in [4.78, 5) is 0. The summed E-state index contributed by atoms with van der Waals surface area (Å²) in [5, 5.41) is 7.92. The molecule has 0 aliphatic rings. The highest BCUT2D eigenvalue weighted by Crippen LogP contribution is 2.26. The minimum Gasteiger partial charge on any atom is -0.452 e. The Morgan fingerprint density at radius 2 is 2.12 bits per heavy atom. The van der Waals surface area contributed by atoms with E-state index in [1.807, 2.05) is 6.07 Å². The Kier molecular flexibility index (Phi) is 5.45. The van der Waals surface area contributed by atoms with Crippen LogP contribution < -0.4 is 10.5 Å². The van der Waals surface area contributed by atoms with Crippen LogP contribution in [0.4, 0.5) is 0 Å². The van der Waals surface area contributed by atoms with E-state index in [-0.39, 0.29) is 5.75 Å². The zero-order chi connectivity index (χ0) is 12.2. The van der Waals surface area contributed by atoms with Crippen molar-refractivity contribution in [3.8, 4) is 0 Å². The molecule has 0 amide bonds. The summed E-state index contributed by atoms with van der Waals surface area (Å²) in [6.07, 6.45) is 0.488. The molecule has 8 heteroatoms. The number of furan rings is 1. The first-order valence-electron chi connectivity index (χ1n) is 4.53. The second-order valence-corrected chi connectivity index (χ2v) is 6.54. The Hall–Kier alpha value is 0.110. The fourth-order valence-electron chi connectivity index (χ4n) is 1.09. The molecule has 0 aliphatic carbocycles. The van der Waals surface area contributed by atoms with Crippen LogP contribution in [0.2, 0.25) is 0 Å². The summed E-state index contributed by atoms with van der Waals surface area (Å²) in [5.74, 6) is 0.764. The number of nitrogens with two attached hydrogens (primary N) is 1. The molecule has 1 heterocycles. The summed E-state index contributed by atoms with van der Waals surface area (Å²) < 4.78 is 28.1. The maximum atomic E-state index is 10.6. The molecule has 0 atom stereocenters. The van der Waals surface area contributed by atoms with Crippen molar-refractivity contribution < 1.29 is 12.8 Å². The Balaban J connectivity index is 2.21. The molecule has 1 rings (SSSR count). The van der Waals surface area contributed by atoms with Crippen molar-refractivity contribution in [2.24, 2.45) is 5.14 Å². The zero-order valence-corrected chi connectivity index (χ0v) is 12.4. The van der Waals surface area contributed by atoms with Crippen LogP contribution in [0.5, 0.6) is 0 Å². The predicted molar refractivity (Wildman–Crippen MR) is 68.4 cm³/mol. The van der Waals surface area contributed by atoms with Gasteiger partial charge in [0.1, 0.15) is 5.76 Å². The Morgan fingerprint density at radius 1 is 1.44 bits per heavy atom. The lowest BCUT2D eigenvalue weighted by Crippen LogP contribution is -2.21. The van der Waals surface area contributed by atoms with E-state index in [1.165, 1.54) is 0 Å². The van der Waals surface area contributed by atoms with Crippen LogP contribution in [0.15, 0.2) is 19.6 Å². The van der Waals surface area contributed by atoms with Crippen LogP contribution in [-0.2, 0) is 16.6 Å². The first-order valence-corrected chi connectivity index (χ1v) is 7.83.